The molecule has 0 aliphatic carbocycles. The van der Waals surface area contributed by atoms with Crippen LogP contribution in [0.3, 0.4) is 0 Å². The fourth-order valence-electron chi connectivity index (χ4n) is 3.75. The molecule has 176 valence electrons. The molecule has 34 heavy (non-hydrogen) atoms. The Balaban J connectivity index is 0.00000133. The van der Waals surface area contributed by atoms with Crippen LogP contribution in [-0.4, -0.2) is 17.3 Å². The van der Waals surface area contributed by atoms with Crippen LogP contribution in [0.4, 0.5) is 11.4 Å². The lowest BCUT2D eigenvalue weighted by Crippen LogP contribution is -2.20. The maximum absolute atomic E-state index is 6.60. The van der Waals surface area contributed by atoms with E-state index in [4.69, 9.17) is 23.2 Å². The molecule has 0 bridgehead atoms. The van der Waals surface area contributed by atoms with E-state index >= 15 is 0 Å². The van der Waals surface area contributed by atoms with Gasteiger partial charge in [-0.05, 0) is 84.6 Å². The summed E-state index contributed by atoms with van der Waals surface area (Å²) in [4.78, 5) is 5.60. The molecule has 0 unspecified atom stereocenters. The summed E-state index contributed by atoms with van der Waals surface area (Å²) in [7, 11) is 0. The van der Waals surface area contributed by atoms with Gasteiger partial charge in [0.25, 0.3) is 0 Å². The Morgan fingerprint density at radius 3 is 2.59 bits per heavy atom. The van der Waals surface area contributed by atoms with Gasteiger partial charge in [0.1, 0.15) is 0 Å². The van der Waals surface area contributed by atoms with Crippen molar-refractivity contribution in [2.45, 2.75) is 31.6 Å². The van der Waals surface area contributed by atoms with Crippen LogP contribution in [0.15, 0.2) is 77.8 Å². The predicted octanol–water partition coefficient (Wildman–Crippen LogP) is 9.60. The van der Waals surface area contributed by atoms with Gasteiger partial charge in [-0.2, -0.15) is 0 Å². The molecule has 1 fully saturated rings. The summed E-state index contributed by atoms with van der Waals surface area (Å²) >= 11 is 16.5. The SMILES string of the molecule is CC.Clc1cc(N2CCCCS2)ccc1SNc1ccc(Cl)c(-c2nccc3ccccc23)c1. The van der Waals surface area contributed by atoms with E-state index in [9.17, 15) is 0 Å². The molecule has 1 aliphatic heterocycles. The van der Waals surface area contributed by atoms with Gasteiger partial charge in [0.15, 0.2) is 0 Å². The molecular formula is C27H27Cl2N3S2. The van der Waals surface area contributed by atoms with Crippen LogP contribution in [0.25, 0.3) is 22.0 Å². The molecule has 0 spiro atoms. The normalized spacial score (nSPS) is 13.4. The number of aromatic nitrogens is 1. The van der Waals surface area contributed by atoms with Crippen molar-refractivity contribution < 1.29 is 0 Å². The molecule has 7 heteroatoms. The van der Waals surface area contributed by atoms with Crippen LogP contribution in [0.1, 0.15) is 26.7 Å². The number of nitrogens with zero attached hydrogens (tertiary/aromatic N) is 2. The van der Waals surface area contributed by atoms with Crippen molar-refractivity contribution in [2.24, 2.45) is 0 Å². The van der Waals surface area contributed by atoms with E-state index in [2.05, 4.69) is 44.3 Å². The fraction of sp³-hybridized carbons (Fsp3) is 0.222. The molecule has 1 aliphatic rings. The molecule has 0 atom stereocenters. The number of benzene rings is 3. The number of hydrogen-bond acceptors (Lipinski definition) is 5. The van der Waals surface area contributed by atoms with E-state index in [0.717, 1.165) is 44.2 Å². The Labute approximate surface area is 220 Å². The average molecular weight is 529 g/mol. The lowest BCUT2D eigenvalue weighted by molar-refractivity contribution is 0.791. The minimum atomic E-state index is 0.672. The molecular weight excluding hydrogens is 501 g/mol. The highest BCUT2D eigenvalue weighted by atomic mass is 35.5. The number of nitrogens with one attached hydrogen (secondary N) is 1. The summed E-state index contributed by atoms with van der Waals surface area (Å²) in [6.45, 7) is 5.07. The van der Waals surface area contributed by atoms with Gasteiger partial charge in [0, 0.05) is 45.7 Å². The van der Waals surface area contributed by atoms with Crippen LogP contribution in [0.2, 0.25) is 10.0 Å². The number of pyridine rings is 1. The van der Waals surface area contributed by atoms with E-state index < -0.39 is 0 Å². The Kier molecular flexibility index (Phi) is 8.90. The number of fused-ring (bicyclic) bond motifs is 1. The largest absolute Gasteiger partial charge is 0.326 e. The summed E-state index contributed by atoms with van der Waals surface area (Å²) in [5.41, 5.74) is 3.89. The highest BCUT2D eigenvalue weighted by Crippen LogP contribution is 2.37. The highest BCUT2D eigenvalue weighted by molar-refractivity contribution is 8.01. The van der Waals surface area contributed by atoms with Crippen molar-refractivity contribution in [3.63, 3.8) is 0 Å². The third-order valence-electron chi connectivity index (χ3n) is 5.38. The average Bonchev–Trinajstić information content (AvgIpc) is 2.90. The van der Waals surface area contributed by atoms with Gasteiger partial charge in [-0.1, -0.05) is 61.3 Å². The molecule has 3 nitrogen and oxygen atoms in total. The minimum Gasteiger partial charge on any atom is -0.326 e. The van der Waals surface area contributed by atoms with Crippen LogP contribution < -0.4 is 9.03 Å². The molecule has 0 radical (unpaired) electrons. The summed E-state index contributed by atoms with van der Waals surface area (Å²) in [6.07, 6.45) is 4.34. The van der Waals surface area contributed by atoms with E-state index in [1.165, 1.54) is 36.2 Å². The van der Waals surface area contributed by atoms with Gasteiger partial charge >= 0.3 is 0 Å². The van der Waals surface area contributed by atoms with Crippen molar-refractivity contribution in [2.75, 3.05) is 21.3 Å². The van der Waals surface area contributed by atoms with Crippen LogP contribution in [-0.2, 0) is 0 Å². The second-order valence-electron chi connectivity index (χ2n) is 7.54. The van der Waals surface area contributed by atoms with Gasteiger partial charge in [-0.3, -0.25) is 4.98 Å². The first kappa shape index (κ1) is 25.1. The first-order valence-corrected chi connectivity index (χ1v) is 14.0. The van der Waals surface area contributed by atoms with Crippen molar-refractivity contribution >= 4 is 69.2 Å². The minimum absolute atomic E-state index is 0.672. The highest BCUT2D eigenvalue weighted by Gasteiger charge is 2.14. The molecule has 4 aromatic rings. The summed E-state index contributed by atoms with van der Waals surface area (Å²) < 4.78 is 5.75. The molecule has 5 rings (SSSR count). The van der Waals surface area contributed by atoms with Gasteiger partial charge in [0.05, 0.1) is 15.7 Å². The third-order valence-corrected chi connectivity index (χ3v) is 8.22. The number of hydrogen-bond donors (Lipinski definition) is 1. The molecule has 2 heterocycles. The Bertz CT molecular complexity index is 1250. The Hall–Kier alpha value is -2.05. The van der Waals surface area contributed by atoms with Gasteiger partial charge in [-0.25, -0.2) is 0 Å². The van der Waals surface area contributed by atoms with Crippen molar-refractivity contribution in [3.05, 3.63) is 83.0 Å². The molecule has 3 aromatic carbocycles. The Morgan fingerprint density at radius 1 is 0.941 bits per heavy atom. The zero-order valence-corrected chi connectivity index (χ0v) is 22.4. The van der Waals surface area contributed by atoms with E-state index in [1.54, 1.807) is 0 Å². The second-order valence-corrected chi connectivity index (χ2v) is 10.3. The van der Waals surface area contributed by atoms with Crippen LogP contribution in [0.5, 0.6) is 0 Å². The first-order chi connectivity index (χ1) is 16.7. The quantitative estimate of drug-likeness (QED) is 0.260. The predicted molar refractivity (Wildman–Crippen MR) is 154 cm³/mol. The molecule has 0 saturated carbocycles. The lowest BCUT2D eigenvalue weighted by Gasteiger charge is -2.27. The van der Waals surface area contributed by atoms with Crippen molar-refractivity contribution in [1.29, 1.82) is 0 Å². The molecule has 1 N–H and O–H groups in total. The van der Waals surface area contributed by atoms with Crippen molar-refractivity contribution in [3.8, 4) is 11.3 Å². The van der Waals surface area contributed by atoms with Gasteiger partial charge in [-0.15, -0.1) is 0 Å². The number of rotatable bonds is 5. The standard InChI is InChI=1S/C25H21Cl2N3S2.C2H6/c26-22-9-7-18(15-21(22)25-20-6-2-1-5-17(20)11-12-28-25)29-32-24-10-8-19(16-23(24)27)30-13-3-4-14-31-30;1-2/h1-2,5-12,15-16,29H,3-4,13-14H2;1-2H3. The van der Waals surface area contributed by atoms with E-state index in [-0.39, 0.29) is 0 Å². The van der Waals surface area contributed by atoms with Gasteiger partial charge < -0.3 is 9.03 Å². The monoisotopic (exact) mass is 527 g/mol. The maximum Gasteiger partial charge on any atom is 0.0796 e. The fourth-order valence-corrected chi connectivity index (χ4v) is 5.97. The molecule has 0 amide bonds. The first-order valence-electron chi connectivity index (χ1n) is 11.5. The smallest absolute Gasteiger partial charge is 0.0796 e. The number of anilines is 2. The zero-order valence-electron chi connectivity index (χ0n) is 19.2. The van der Waals surface area contributed by atoms with Crippen LogP contribution in [0, 0.1) is 0 Å². The zero-order chi connectivity index (χ0) is 23.9. The molecule has 1 saturated heterocycles. The Morgan fingerprint density at radius 2 is 1.79 bits per heavy atom. The summed E-state index contributed by atoms with van der Waals surface area (Å²) in [5.74, 6) is 1.17. The van der Waals surface area contributed by atoms with Crippen molar-refractivity contribution in [1.82, 2.24) is 4.98 Å². The summed E-state index contributed by atoms with van der Waals surface area (Å²) in [6, 6.07) is 22.4. The third kappa shape index (κ3) is 5.77. The topological polar surface area (TPSA) is 28.2 Å². The van der Waals surface area contributed by atoms with E-state index in [0.29, 0.717) is 5.02 Å². The lowest BCUT2D eigenvalue weighted by atomic mass is 10.0. The van der Waals surface area contributed by atoms with Gasteiger partial charge in [0.2, 0.25) is 0 Å². The number of halogens is 2. The van der Waals surface area contributed by atoms with Crippen LogP contribution >= 0.6 is 47.1 Å². The maximum atomic E-state index is 6.60. The second kappa shape index (κ2) is 12.1. The molecule has 1 aromatic heterocycles. The summed E-state index contributed by atoms with van der Waals surface area (Å²) in [5, 5.41) is 3.64. The van der Waals surface area contributed by atoms with E-state index in [1.807, 2.05) is 68.4 Å².